The average molecular weight is 314 g/mol. The Kier molecular flexibility index (Phi) is 8.83. The maximum atomic E-state index is 9.77. The van der Waals surface area contributed by atoms with Crippen molar-refractivity contribution in [2.24, 2.45) is 14.1 Å². The molecule has 22 heavy (non-hydrogen) atoms. The molecule has 2 heterocycles. The number of carboxylic acids is 2. The van der Waals surface area contributed by atoms with Gasteiger partial charge in [-0.15, -0.1) is 0 Å². The number of hydrogen-bond donors (Lipinski definition) is 4. The van der Waals surface area contributed by atoms with E-state index in [4.69, 9.17) is 20.4 Å². The third-order valence-corrected chi connectivity index (χ3v) is 2.08. The zero-order valence-corrected chi connectivity index (χ0v) is 12.0. The first-order valence-electron chi connectivity index (χ1n) is 5.91. The van der Waals surface area contributed by atoms with Crippen molar-refractivity contribution >= 4 is 11.9 Å². The molecule has 2 atom stereocenters. The predicted molar refractivity (Wildman–Crippen MR) is 73.7 cm³/mol. The fourth-order valence-electron chi connectivity index (χ4n) is 0.922. The molecule has 0 fully saturated rings. The van der Waals surface area contributed by atoms with E-state index in [1.165, 1.54) is 0 Å². The Labute approximate surface area is 125 Å². The van der Waals surface area contributed by atoms with E-state index >= 15 is 0 Å². The summed E-state index contributed by atoms with van der Waals surface area (Å²) in [6.45, 7) is 0. The maximum Gasteiger partial charge on any atom is 0.335 e. The highest BCUT2D eigenvalue weighted by molar-refractivity contribution is 5.83. The lowest BCUT2D eigenvalue weighted by atomic mass is 10.2. The fraction of sp³-hybridized carbons (Fsp3) is 0.333. The topological polar surface area (TPSA) is 151 Å². The molecule has 0 saturated carbocycles. The molecule has 0 amide bonds. The number of nitrogens with zero attached hydrogens (tertiary/aromatic N) is 4. The summed E-state index contributed by atoms with van der Waals surface area (Å²) < 4.78 is 3.78. The highest BCUT2D eigenvalue weighted by atomic mass is 16.4. The van der Waals surface area contributed by atoms with Crippen molar-refractivity contribution in [1.82, 2.24) is 19.1 Å². The summed E-state index contributed by atoms with van der Waals surface area (Å²) in [6.07, 6.45) is 6.25. The third-order valence-electron chi connectivity index (χ3n) is 2.08. The molecule has 2 aromatic heterocycles. The molecule has 0 saturated heterocycles. The Morgan fingerprint density at radius 3 is 1.27 bits per heavy atom. The second-order valence-corrected chi connectivity index (χ2v) is 4.02. The van der Waals surface area contributed by atoms with E-state index in [2.05, 4.69) is 9.97 Å². The summed E-state index contributed by atoms with van der Waals surface area (Å²) >= 11 is 0. The molecular formula is C12H18N4O6. The quantitative estimate of drug-likeness (QED) is 0.547. The minimum atomic E-state index is -2.27. The van der Waals surface area contributed by atoms with Gasteiger partial charge in [0, 0.05) is 38.9 Å². The normalized spacial score (nSPS) is 12.0. The van der Waals surface area contributed by atoms with Gasteiger partial charge in [-0.2, -0.15) is 0 Å². The first-order chi connectivity index (χ1) is 10.3. The van der Waals surface area contributed by atoms with Crippen LogP contribution in [0.15, 0.2) is 37.4 Å². The van der Waals surface area contributed by atoms with Gasteiger partial charge in [-0.05, 0) is 0 Å². The van der Waals surface area contributed by atoms with Crippen molar-refractivity contribution in [2.75, 3.05) is 0 Å². The lowest BCUT2D eigenvalue weighted by Gasteiger charge is -2.07. The zero-order valence-electron chi connectivity index (χ0n) is 12.0. The number of aliphatic hydroxyl groups excluding tert-OH is 2. The Bertz CT molecular complexity index is 490. The van der Waals surface area contributed by atoms with Crippen LogP contribution in [0.3, 0.4) is 0 Å². The standard InChI is InChI=1S/2C4H6N2.C4H6O6/c2*1-6-3-2-5-4-6;5-1(3(7)8)2(6)4(9)10/h2*2-4H,1H3;1-2,5-6H,(H,7,8)(H,9,10). The first-order valence-corrected chi connectivity index (χ1v) is 5.91. The van der Waals surface area contributed by atoms with Gasteiger partial charge in [0.2, 0.25) is 0 Å². The van der Waals surface area contributed by atoms with E-state index in [0.717, 1.165) is 0 Å². The summed E-state index contributed by atoms with van der Waals surface area (Å²) in [5.74, 6) is -3.54. The lowest BCUT2D eigenvalue weighted by Crippen LogP contribution is -2.39. The summed E-state index contributed by atoms with van der Waals surface area (Å²) in [5.41, 5.74) is 0. The Balaban J connectivity index is 0.000000315. The second-order valence-electron chi connectivity index (χ2n) is 4.02. The molecule has 122 valence electrons. The van der Waals surface area contributed by atoms with Crippen molar-refractivity contribution in [3.05, 3.63) is 37.4 Å². The highest BCUT2D eigenvalue weighted by Crippen LogP contribution is 1.92. The van der Waals surface area contributed by atoms with Crippen LogP contribution in [0.2, 0.25) is 0 Å². The summed E-state index contributed by atoms with van der Waals surface area (Å²) in [7, 11) is 3.88. The van der Waals surface area contributed by atoms with Gasteiger partial charge in [0.05, 0.1) is 12.7 Å². The number of imidazole rings is 2. The predicted octanol–water partition coefficient (Wildman–Crippen LogP) is -1.28. The minimum Gasteiger partial charge on any atom is -0.479 e. The average Bonchev–Trinajstić information content (AvgIpc) is 3.11. The van der Waals surface area contributed by atoms with Crippen molar-refractivity contribution in [2.45, 2.75) is 12.2 Å². The van der Waals surface area contributed by atoms with E-state index in [1.807, 2.05) is 35.6 Å². The number of rotatable bonds is 3. The Morgan fingerprint density at radius 1 is 0.864 bits per heavy atom. The number of carboxylic acid groups (broad SMARTS) is 2. The largest absolute Gasteiger partial charge is 0.479 e. The van der Waals surface area contributed by atoms with E-state index in [9.17, 15) is 9.59 Å². The van der Waals surface area contributed by atoms with E-state index in [1.54, 1.807) is 25.0 Å². The number of aromatic nitrogens is 4. The molecule has 2 aromatic rings. The van der Waals surface area contributed by atoms with Crippen LogP contribution >= 0.6 is 0 Å². The molecule has 0 aliphatic carbocycles. The van der Waals surface area contributed by atoms with Crippen LogP contribution < -0.4 is 0 Å². The van der Waals surface area contributed by atoms with E-state index in [0.29, 0.717) is 0 Å². The van der Waals surface area contributed by atoms with E-state index in [-0.39, 0.29) is 0 Å². The highest BCUT2D eigenvalue weighted by Gasteiger charge is 2.29. The van der Waals surface area contributed by atoms with Crippen molar-refractivity contribution in [3.8, 4) is 0 Å². The molecule has 0 aliphatic rings. The smallest absolute Gasteiger partial charge is 0.335 e. The number of aliphatic carboxylic acids is 2. The molecule has 0 aromatic carbocycles. The van der Waals surface area contributed by atoms with Crippen LogP contribution in [0.25, 0.3) is 0 Å². The molecule has 0 spiro atoms. The van der Waals surface area contributed by atoms with Crippen molar-refractivity contribution in [3.63, 3.8) is 0 Å². The van der Waals surface area contributed by atoms with Gasteiger partial charge in [0.1, 0.15) is 0 Å². The number of hydrogen-bond acceptors (Lipinski definition) is 6. The molecule has 2 unspecified atom stereocenters. The van der Waals surface area contributed by atoms with Gasteiger partial charge >= 0.3 is 11.9 Å². The fourth-order valence-corrected chi connectivity index (χ4v) is 0.922. The first kappa shape index (κ1) is 19.3. The SMILES string of the molecule is Cn1ccnc1.Cn1ccnc1.O=C(O)C(O)C(O)C(=O)O. The van der Waals surface area contributed by atoms with Crippen molar-refractivity contribution < 1.29 is 30.0 Å². The van der Waals surface area contributed by atoms with Crippen LogP contribution in [0, 0.1) is 0 Å². The lowest BCUT2D eigenvalue weighted by molar-refractivity contribution is -0.165. The summed E-state index contributed by atoms with van der Waals surface area (Å²) in [4.78, 5) is 27.1. The number of carbonyl (C=O) groups is 2. The van der Waals surface area contributed by atoms with Gasteiger partial charge in [0.15, 0.2) is 12.2 Å². The van der Waals surface area contributed by atoms with Gasteiger partial charge in [-0.1, -0.05) is 0 Å². The van der Waals surface area contributed by atoms with Crippen LogP contribution in [-0.2, 0) is 23.7 Å². The Hall–Kier alpha value is -2.72. The maximum absolute atomic E-state index is 9.77. The molecule has 10 nitrogen and oxygen atoms in total. The molecule has 0 radical (unpaired) electrons. The zero-order chi connectivity index (χ0) is 17.1. The van der Waals surface area contributed by atoms with E-state index < -0.39 is 24.1 Å². The minimum absolute atomic E-state index is 1.75. The van der Waals surface area contributed by atoms with Crippen LogP contribution in [0.4, 0.5) is 0 Å². The molecule has 0 aliphatic heterocycles. The molecule has 10 heteroatoms. The van der Waals surface area contributed by atoms with Crippen LogP contribution in [0.1, 0.15) is 0 Å². The van der Waals surface area contributed by atoms with Crippen LogP contribution in [-0.4, -0.2) is 63.7 Å². The molecule has 2 rings (SSSR count). The summed E-state index contributed by atoms with van der Waals surface area (Å²) in [5, 5.41) is 32.5. The molecule has 0 bridgehead atoms. The van der Waals surface area contributed by atoms with Gasteiger partial charge in [0.25, 0.3) is 0 Å². The third kappa shape index (κ3) is 8.45. The summed E-state index contributed by atoms with van der Waals surface area (Å²) in [6, 6.07) is 0. The number of aliphatic hydroxyl groups is 2. The molecule has 4 N–H and O–H groups in total. The van der Waals surface area contributed by atoms with Crippen LogP contribution in [0.5, 0.6) is 0 Å². The molecular weight excluding hydrogens is 296 g/mol. The Morgan fingerprint density at radius 2 is 1.18 bits per heavy atom. The van der Waals surface area contributed by atoms with Gasteiger partial charge < -0.3 is 29.6 Å². The second kappa shape index (κ2) is 10.1. The van der Waals surface area contributed by atoms with Gasteiger partial charge in [-0.3, -0.25) is 0 Å². The van der Waals surface area contributed by atoms with Crippen molar-refractivity contribution in [1.29, 1.82) is 0 Å². The number of aryl methyl sites for hydroxylation is 2. The monoisotopic (exact) mass is 314 g/mol. The van der Waals surface area contributed by atoms with Gasteiger partial charge in [-0.25, -0.2) is 19.6 Å².